The topological polar surface area (TPSA) is 85.1 Å². The average Bonchev–Trinajstić information content (AvgIpc) is 3.29. The van der Waals surface area contributed by atoms with Gasteiger partial charge in [-0.15, -0.1) is 10.2 Å². The van der Waals surface area contributed by atoms with Crippen LogP contribution in [0.25, 0.3) is 11.5 Å². The Morgan fingerprint density at radius 3 is 2.38 bits per heavy atom. The van der Waals surface area contributed by atoms with Crippen LogP contribution in [0.4, 0.5) is 10.1 Å². The summed E-state index contributed by atoms with van der Waals surface area (Å²) in [5.74, 6) is -0.921. The molecular weight excluding hydrogens is 373 g/mol. The van der Waals surface area contributed by atoms with Crippen LogP contribution in [0.2, 0.25) is 0 Å². The van der Waals surface area contributed by atoms with Crippen molar-refractivity contribution in [1.29, 1.82) is 0 Å². The predicted octanol–water partition coefficient (Wildman–Crippen LogP) is 4.36. The molecule has 1 N–H and O–H groups in total. The maximum atomic E-state index is 13.1. The van der Waals surface area contributed by atoms with Crippen molar-refractivity contribution in [3.05, 3.63) is 102 Å². The van der Waals surface area contributed by atoms with Gasteiger partial charge in [-0.2, -0.15) is 0 Å². The molecule has 6 nitrogen and oxygen atoms in total. The average molecular weight is 387 g/mol. The number of anilines is 1. The van der Waals surface area contributed by atoms with Crippen LogP contribution < -0.4 is 5.32 Å². The van der Waals surface area contributed by atoms with Gasteiger partial charge in [0, 0.05) is 22.4 Å². The Morgan fingerprint density at radius 1 is 0.897 bits per heavy atom. The second-order valence-electron chi connectivity index (χ2n) is 6.16. The third kappa shape index (κ3) is 3.93. The summed E-state index contributed by atoms with van der Waals surface area (Å²) in [5.41, 5.74) is 1.89. The largest absolute Gasteiger partial charge is 0.423 e. The smallest absolute Gasteiger partial charge is 0.256 e. The highest BCUT2D eigenvalue weighted by Crippen LogP contribution is 2.22. The van der Waals surface area contributed by atoms with Gasteiger partial charge in [-0.05, 0) is 48.5 Å². The molecule has 142 valence electrons. The molecule has 0 bridgehead atoms. The molecule has 3 aromatic carbocycles. The number of benzene rings is 3. The van der Waals surface area contributed by atoms with Crippen molar-refractivity contribution in [3.8, 4) is 11.5 Å². The van der Waals surface area contributed by atoms with Crippen LogP contribution in [0.1, 0.15) is 26.3 Å². The Labute approximate surface area is 165 Å². The highest BCUT2D eigenvalue weighted by atomic mass is 19.1. The van der Waals surface area contributed by atoms with Gasteiger partial charge in [0.2, 0.25) is 12.3 Å². The van der Waals surface area contributed by atoms with E-state index in [2.05, 4.69) is 15.5 Å². The molecule has 7 heteroatoms. The van der Waals surface area contributed by atoms with Gasteiger partial charge in [-0.25, -0.2) is 4.39 Å². The Morgan fingerprint density at radius 2 is 1.66 bits per heavy atom. The van der Waals surface area contributed by atoms with Crippen LogP contribution in [0, 0.1) is 5.82 Å². The molecule has 0 saturated heterocycles. The van der Waals surface area contributed by atoms with Crippen LogP contribution in [0.5, 0.6) is 0 Å². The van der Waals surface area contributed by atoms with E-state index in [1.807, 2.05) is 0 Å². The second-order valence-corrected chi connectivity index (χ2v) is 6.16. The molecule has 0 spiro atoms. The van der Waals surface area contributed by atoms with Gasteiger partial charge in [0.1, 0.15) is 5.82 Å². The molecular formula is C22H14FN3O3. The van der Waals surface area contributed by atoms with E-state index >= 15 is 0 Å². The van der Waals surface area contributed by atoms with Crippen LogP contribution in [0.3, 0.4) is 0 Å². The van der Waals surface area contributed by atoms with E-state index in [0.29, 0.717) is 22.7 Å². The normalized spacial score (nSPS) is 10.5. The van der Waals surface area contributed by atoms with E-state index in [-0.39, 0.29) is 16.9 Å². The molecule has 0 atom stereocenters. The fraction of sp³-hybridized carbons (Fsp3) is 0. The van der Waals surface area contributed by atoms with Crippen molar-refractivity contribution >= 4 is 17.4 Å². The minimum absolute atomic E-state index is 0.213. The van der Waals surface area contributed by atoms with E-state index in [1.54, 1.807) is 48.5 Å². The Kier molecular flexibility index (Phi) is 4.94. The number of carbonyl (C=O) groups excluding carboxylic acids is 2. The molecule has 1 amide bonds. The third-order valence-electron chi connectivity index (χ3n) is 4.25. The monoisotopic (exact) mass is 387 g/mol. The number of carbonyl (C=O) groups is 2. The lowest BCUT2D eigenvalue weighted by molar-refractivity contribution is 0.0996. The number of rotatable bonds is 5. The summed E-state index contributed by atoms with van der Waals surface area (Å²) in [6.45, 7) is 0. The summed E-state index contributed by atoms with van der Waals surface area (Å²) in [4.78, 5) is 25.7. The van der Waals surface area contributed by atoms with Gasteiger partial charge in [0.25, 0.3) is 5.91 Å². The van der Waals surface area contributed by atoms with E-state index in [1.165, 1.54) is 30.7 Å². The Bertz CT molecular complexity index is 1170. The number of aromatic nitrogens is 2. The predicted molar refractivity (Wildman–Crippen MR) is 104 cm³/mol. The number of hydrogen-bond donors (Lipinski definition) is 1. The molecule has 0 saturated carbocycles. The molecule has 1 aromatic heterocycles. The second kappa shape index (κ2) is 7.85. The number of halogens is 1. The zero-order valence-electron chi connectivity index (χ0n) is 15.0. The molecule has 0 unspecified atom stereocenters. The van der Waals surface area contributed by atoms with Crippen molar-refractivity contribution in [2.75, 3.05) is 5.32 Å². The van der Waals surface area contributed by atoms with Crippen molar-refractivity contribution in [2.24, 2.45) is 0 Å². The molecule has 29 heavy (non-hydrogen) atoms. The lowest BCUT2D eigenvalue weighted by atomic mass is 9.98. The Balaban J connectivity index is 1.61. The summed E-state index contributed by atoms with van der Waals surface area (Å²) in [5, 5.41) is 10.3. The van der Waals surface area contributed by atoms with Gasteiger partial charge < -0.3 is 9.73 Å². The molecule has 4 rings (SSSR count). The Hall–Kier alpha value is -4.13. The van der Waals surface area contributed by atoms with E-state index in [4.69, 9.17) is 4.42 Å². The first-order valence-corrected chi connectivity index (χ1v) is 8.69. The molecule has 0 aliphatic heterocycles. The quantitative estimate of drug-likeness (QED) is 0.514. The van der Waals surface area contributed by atoms with Crippen molar-refractivity contribution in [1.82, 2.24) is 10.2 Å². The maximum absolute atomic E-state index is 13.1. The van der Waals surface area contributed by atoms with E-state index in [9.17, 15) is 14.0 Å². The van der Waals surface area contributed by atoms with Crippen LogP contribution in [-0.2, 0) is 0 Å². The SMILES string of the molecule is O=C(Nc1cccc(-c2nnco2)c1)c1ccccc1C(=O)c1ccc(F)cc1. The number of amides is 1. The van der Waals surface area contributed by atoms with Gasteiger partial charge in [-0.1, -0.05) is 24.3 Å². The minimum Gasteiger partial charge on any atom is -0.423 e. The van der Waals surface area contributed by atoms with Crippen LogP contribution >= 0.6 is 0 Å². The van der Waals surface area contributed by atoms with Crippen molar-refractivity contribution in [3.63, 3.8) is 0 Å². The van der Waals surface area contributed by atoms with Gasteiger partial charge in [0.15, 0.2) is 5.78 Å². The van der Waals surface area contributed by atoms with Gasteiger partial charge >= 0.3 is 0 Å². The standard InChI is InChI=1S/C22H14FN3O3/c23-16-10-8-14(9-11-16)20(27)18-6-1-2-7-19(18)21(28)25-17-5-3-4-15(12-17)22-26-24-13-29-22/h1-13H,(H,25,28). The molecule has 0 aliphatic carbocycles. The number of hydrogen-bond acceptors (Lipinski definition) is 5. The number of nitrogens with zero attached hydrogens (tertiary/aromatic N) is 2. The highest BCUT2D eigenvalue weighted by molar-refractivity contribution is 6.17. The van der Waals surface area contributed by atoms with Gasteiger partial charge in [0.05, 0.1) is 5.56 Å². The highest BCUT2D eigenvalue weighted by Gasteiger charge is 2.18. The molecule has 0 aliphatic rings. The lowest BCUT2D eigenvalue weighted by Gasteiger charge is -2.10. The first-order chi connectivity index (χ1) is 14.1. The first kappa shape index (κ1) is 18.2. The lowest BCUT2D eigenvalue weighted by Crippen LogP contribution is -2.17. The minimum atomic E-state index is -0.446. The van der Waals surface area contributed by atoms with E-state index in [0.717, 1.165) is 0 Å². The number of nitrogens with one attached hydrogen (secondary N) is 1. The van der Waals surface area contributed by atoms with Crippen LogP contribution in [-0.4, -0.2) is 21.9 Å². The first-order valence-electron chi connectivity index (χ1n) is 8.69. The summed E-state index contributed by atoms with van der Waals surface area (Å²) in [6, 6.07) is 18.6. The molecule has 1 heterocycles. The summed E-state index contributed by atoms with van der Waals surface area (Å²) < 4.78 is 18.3. The summed E-state index contributed by atoms with van der Waals surface area (Å²) in [6.07, 6.45) is 1.22. The van der Waals surface area contributed by atoms with Crippen LogP contribution in [0.15, 0.2) is 83.6 Å². The summed E-state index contributed by atoms with van der Waals surface area (Å²) in [7, 11) is 0. The van der Waals surface area contributed by atoms with Gasteiger partial charge in [-0.3, -0.25) is 9.59 Å². The third-order valence-corrected chi connectivity index (χ3v) is 4.25. The van der Waals surface area contributed by atoms with Crippen molar-refractivity contribution < 1.29 is 18.4 Å². The molecule has 0 fully saturated rings. The zero-order valence-corrected chi connectivity index (χ0v) is 15.0. The molecule has 0 radical (unpaired) electrons. The zero-order chi connectivity index (χ0) is 20.2. The summed E-state index contributed by atoms with van der Waals surface area (Å²) >= 11 is 0. The number of ketones is 1. The van der Waals surface area contributed by atoms with E-state index < -0.39 is 11.7 Å². The fourth-order valence-electron chi connectivity index (χ4n) is 2.86. The van der Waals surface area contributed by atoms with Crippen molar-refractivity contribution in [2.45, 2.75) is 0 Å². The fourth-order valence-corrected chi connectivity index (χ4v) is 2.86. The molecule has 4 aromatic rings. The maximum Gasteiger partial charge on any atom is 0.256 e.